The van der Waals surface area contributed by atoms with Crippen molar-refractivity contribution in [1.29, 1.82) is 0 Å². The maximum Gasteiger partial charge on any atom is 0.169 e. The second-order valence-corrected chi connectivity index (χ2v) is 9.23. The molecule has 0 radical (unpaired) electrons. The van der Waals surface area contributed by atoms with Crippen LogP contribution in [0.25, 0.3) is 22.3 Å². The number of anilines is 1. The van der Waals surface area contributed by atoms with Crippen LogP contribution in [0, 0.1) is 5.82 Å². The summed E-state index contributed by atoms with van der Waals surface area (Å²) in [5.74, 6) is 1.33. The van der Waals surface area contributed by atoms with Gasteiger partial charge in [0.25, 0.3) is 0 Å². The number of thiocarbonyl (C=S) groups is 1. The molecule has 0 unspecified atom stereocenters. The van der Waals surface area contributed by atoms with Crippen molar-refractivity contribution in [2.45, 2.75) is 37.6 Å². The molecule has 2 fully saturated rings. The summed E-state index contributed by atoms with van der Waals surface area (Å²) < 4.78 is 13.4. The highest BCUT2D eigenvalue weighted by Gasteiger charge is 2.25. The van der Waals surface area contributed by atoms with Crippen molar-refractivity contribution in [3.8, 4) is 11.3 Å². The highest BCUT2D eigenvalue weighted by atomic mass is 35.5. The van der Waals surface area contributed by atoms with Crippen LogP contribution in [-0.4, -0.2) is 57.2 Å². The van der Waals surface area contributed by atoms with Gasteiger partial charge < -0.3 is 15.1 Å². The Morgan fingerprint density at radius 1 is 1.00 bits per heavy atom. The smallest absolute Gasteiger partial charge is 0.169 e. The fourth-order valence-corrected chi connectivity index (χ4v) is 5.03. The molecule has 1 N–H and O–H groups in total. The topological polar surface area (TPSA) is 57.2 Å². The van der Waals surface area contributed by atoms with Crippen molar-refractivity contribution < 1.29 is 4.39 Å². The Morgan fingerprint density at radius 3 is 2.42 bits per heavy atom. The van der Waals surface area contributed by atoms with Crippen LogP contribution >= 0.6 is 23.8 Å². The van der Waals surface area contributed by atoms with E-state index in [2.05, 4.69) is 20.1 Å². The largest absolute Gasteiger partial charge is 0.360 e. The molecule has 1 aromatic carbocycles. The van der Waals surface area contributed by atoms with Gasteiger partial charge >= 0.3 is 0 Å². The van der Waals surface area contributed by atoms with Crippen molar-refractivity contribution >= 4 is 45.8 Å². The second-order valence-electron chi connectivity index (χ2n) is 8.57. The normalized spacial score (nSPS) is 17.0. The zero-order chi connectivity index (χ0) is 22.8. The molecular formula is C24H26ClFN6S. The van der Waals surface area contributed by atoms with E-state index in [1.165, 1.54) is 37.8 Å². The number of fused-ring (bicyclic) bond motifs is 1. The van der Waals surface area contributed by atoms with E-state index in [9.17, 15) is 4.39 Å². The summed E-state index contributed by atoms with van der Waals surface area (Å²) in [5, 5.41) is 4.39. The van der Waals surface area contributed by atoms with Crippen molar-refractivity contribution in [2.75, 3.05) is 31.1 Å². The first-order valence-corrected chi connectivity index (χ1v) is 12.3. The van der Waals surface area contributed by atoms with Gasteiger partial charge in [-0.1, -0.05) is 12.8 Å². The summed E-state index contributed by atoms with van der Waals surface area (Å²) in [7, 11) is 0. The molecule has 0 bridgehead atoms. The highest BCUT2D eigenvalue weighted by Crippen LogP contribution is 2.28. The van der Waals surface area contributed by atoms with Crippen molar-refractivity contribution in [3.63, 3.8) is 0 Å². The third-order valence-corrected chi connectivity index (χ3v) is 6.99. The fraction of sp³-hybridized carbons (Fsp3) is 0.417. The molecule has 3 aromatic rings. The minimum absolute atomic E-state index is 0.234. The van der Waals surface area contributed by atoms with Gasteiger partial charge in [-0.2, -0.15) is 0 Å². The van der Waals surface area contributed by atoms with Crippen LogP contribution < -0.4 is 10.2 Å². The molecule has 0 atom stereocenters. The standard InChI is InChI=1S/C24H26ClFN6S/c25-15-21-28-20-10-9-19(16-5-7-17(26)8-6-16)29-22(20)23(30-21)31-11-13-32(14-12-31)24(33)27-18-3-1-2-4-18/h5-10,18H,1-4,11-15H2,(H,27,33). The molecule has 2 aromatic heterocycles. The first-order chi connectivity index (χ1) is 16.1. The lowest BCUT2D eigenvalue weighted by Crippen LogP contribution is -2.53. The summed E-state index contributed by atoms with van der Waals surface area (Å²) in [5.41, 5.74) is 3.08. The molecule has 1 aliphatic carbocycles. The Labute approximate surface area is 203 Å². The Hall–Kier alpha value is -2.58. The molecule has 1 aliphatic heterocycles. The number of hydrogen-bond acceptors (Lipinski definition) is 5. The monoisotopic (exact) mass is 484 g/mol. The molecule has 0 spiro atoms. The van der Waals surface area contributed by atoms with Gasteiger partial charge in [-0.3, -0.25) is 0 Å². The van der Waals surface area contributed by atoms with Gasteiger partial charge in [-0.05, 0) is 61.5 Å². The number of aromatic nitrogens is 3. The number of rotatable bonds is 4. The van der Waals surface area contributed by atoms with Crippen LogP contribution in [0.3, 0.4) is 0 Å². The van der Waals surface area contributed by atoms with Gasteiger partial charge in [-0.25, -0.2) is 19.3 Å². The minimum Gasteiger partial charge on any atom is -0.360 e. The van der Waals surface area contributed by atoms with Gasteiger partial charge in [0.2, 0.25) is 0 Å². The number of nitrogens with one attached hydrogen (secondary N) is 1. The van der Waals surface area contributed by atoms with Gasteiger partial charge in [0, 0.05) is 37.8 Å². The predicted octanol–water partition coefficient (Wildman–Crippen LogP) is 4.51. The van der Waals surface area contributed by atoms with Crippen LogP contribution in [-0.2, 0) is 5.88 Å². The van der Waals surface area contributed by atoms with Crippen LogP contribution in [0.5, 0.6) is 0 Å². The average Bonchev–Trinajstić information content (AvgIpc) is 3.36. The number of halogens is 2. The predicted molar refractivity (Wildman–Crippen MR) is 134 cm³/mol. The van der Waals surface area contributed by atoms with E-state index in [0.29, 0.717) is 11.9 Å². The van der Waals surface area contributed by atoms with Gasteiger partial charge in [0.05, 0.1) is 17.1 Å². The van der Waals surface area contributed by atoms with Crippen molar-refractivity contribution in [3.05, 3.63) is 48.0 Å². The number of piperazine rings is 1. The molecule has 0 amide bonds. The lowest BCUT2D eigenvalue weighted by Gasteiger charge is -2.37. The van der Waals surface area contributed by atoms with Crippen LogP contribution in [0.15, 0.2) is 36.4 Å². The summed E-state index contributed by atoms with van der Waals surface area (Å²) >= 11 is 11.8. The van der Waals surface area contributed by atoms with Crippen LogP contribution in [0.1, 0.15) is 31.5 Å². The molecule has 6 nitrogen and oxygen atoms in total. The maximum atomic E-state index is 13.4. The Kier molecular flexibility index (Phi) is 6.55. The van der Waals surface area contributed by atoms with E-state index in [1.807, 2.05) is 12.1 Å². The molecular weight excluding hydrogens is 459 g/mol. The minimum atomic E-state index is -0.270. The Bertz CT molecular complexity index is 1140. The van der Waals surface area contributed by atoms with E-state index < -0.39 is 0 Å². The number of benzene rings is 1. The molecule has 33 heavy (non-hydrogen) atoms. The molecule has 1 saturated carbocycles. The molecule has 172 valence electrons. The SMILES string of the molecule is Fc1ccc(-c2ccc3nc(CCl)nc(N4CCN(C(=S)NC5CCCC5)CC4)c3n2)cc1. The maximum absolute atomic E-state index is 13.4. The molecule has 2 aliphatic rings. The van der Waals surface area contributed by atoms with Gasteiger partial charge in [0.15, 0.2) is 10.9 Å². The van der Waals surface area contributed by atoms with E-state index in [0.717, 1.165) is 59.4 Å². The zero-order valence-electron chi connectivity index (χ0n) is 18.3. The number of pyridine rings is 1. The first kappa shape index (κ1) is 22.2. The highest BCUT2D eigenvalue weighted by molar-refractivity contribution is 7.80. The van der Waals surface area contributed by atoms with Gasteiger partial charge in [0.1, 0.15) is 17.2 Å². The van der Waals surface area contributed by atoms with Crippen molar-refractivity contribution in [1.82, 2.24) is 25.2 Å². The number of hydrogen-bond donors (Lipinski definition) is 1. The van der Waals surface area contributed by atoms with E-state index in [-0.39, 0.29) is 11.7 Å². The van der Waals surface area contributed by atoms with Gasteiger partial charge in [-0.15, -0.1) is 11.6 Å². The second kappa shape index (κ2) is 9.73. The zero-order valence-corrected chi connectivity index (χ0v) is 19.9. The molecule has 1 saturated heterocycles. The van der Waals surface area contributed by atoms with Crippen LogP contribution in [0.2, 0.25) is 0 Å². The number of alkyl halides is 1. The third-order valence-electron chi connectivity index (χ3n) is 6.38. The summed E-state index contributed by atoms with van der Waals surface area (Å²) in [4.78, 5) is 18.6. The lowest BCUT2D eigenvalue weighted by atomic mass is 10.1. The number of nitrogens with zero attached hydrogens (tertiary/aromatic N) is 5. The average molecular weight is 485 g/mol. The molecule has 9 heteroatoms. The first-order valence-electron chi connectivity index (χ1n) is 11.4. The Morgan fingerprint density at radius 2 is 1.73 bits per heavy atom. The molecule has 5 rings (SSSR count). The summed E-state index contributed by atoms with van der Waals surface area (Å²) in [6, 6.07) is 10.7. The third kappa shape index (κ3) is 4.87. The van der Waals surface area contributed by atoms with E-state index >= 15 is 0 Å². The van der Waals surface area contributed by atoms with Crippen LogP contribution in [0.4, 0.5) is 10.2 Å². The Balaban J connectivity index is 1.39. The summed E-state index contributed by atoms with van der Waals surface area (Å²) in [6.07, 6.45) is 4.97. The van der Waals surface area contributed by atoms with E-state index in [4.69, 9.17) is 33.8 Å². The van der Waals surface area contributed by atoms with Crippen molar-refractivity contribution in [2.24, 2.45) is 0 Å². The lowest BCUT2D eigenvalue weighted by molar-refractivity contribution is 0.373. The fourth-order valence-electron chi connectivity index (χ4n) is 4.56. The molecule has 3 heterocycles. The quantitative estimate of drug-likeness (QED) is 0.432. The van der Waals surface area contributed by atoms with E-state index in [1.54, 1.807) is 12.1 Å². The summed E-state index contributed by atoms with van der Waals surface area (Å²) in [6.45, 7) is 3.20.